The summed E-state index contributed by atoms with van der Waals surface area (Å²) in [6.45, 7) is 0. The molecule has 15 heavy (non-hydrogen) atoms. The molecule has 0 saturated carbocycles. The van der Waals surface area contributed by atoms with Gasteiger partial charge in [-0.25, -0.2) is 9.78 Å². The molecular weight excluding hydrogens is 204 g/mol. The molecular formula is C8H6N2O5. The molecule has 2 heterocycles. The van der Waals surface area contributed by atoms with Crippen molar-refractivity contribution >= 4 is 17.8 Å². The summed E-state index contributed by atoms with van der Waals surface area (Å²) in [5.41, 5.74) is 0. The molecule has 0 bridgehead atoms. The van der Waals surface area contributed by atoms with Crippen molar-refractivity contribution in [2.75, 3.05) is 0 Å². The highest BCUT2D eigenvalue weighted by atomic mass is 16.7. The molecule has 78 valence electrons. The third-order valence-electron chi connectivity index (χ3n) is 1.79. The molecule has 1 aliphatic heterocycles. The molecule has 1 aromatic rings. The number of rotatable bonds is 2. The maximum absolute atomic E-state index is 11.2. The second-order valence-electron chi connectivity index (χ2n) is 2.80. The topological polar surface area (TPSA) is 89.7 Å². The van der Waals surface area contributed by atoms with E-state index in [2.05, 4.69) is 14.2 Å². The molecule has 7 nitrogen and oxygen atoms in total. The summed E-state index contributed by atoms with van der Waals surface area (Å²) in [5.74, 6) is -2.36. The van der Waals surface area contributed by atoms with Crippen LogP contribution in [0.4, 0.5) is 0 Å². The van der Waals surface area contributed by atoms with Crippen LogP contribution in [0, 0.1) is 0 Å². The first-order valence-electron chi connectivity index (χ1n) is 4.16. The number of hydrogen-bond donors (Lipinski definition) is 0. The number of imide groups is 1. The lowest BCUT2D eigenvalue weighted by atomic mass is 10.4. The van der Waals surface area contributed by atoms with Crippen molar-refractivity contribution in [3.63, 3.8) is 0 Å². The van der Waals surface area contributed by atoms with Crippen molar-refractivity contribution in [1.82, 2.24) is 10.0 Å². The van der Waals surface area contributed by atoms with Crippen molar-refractivity contribution in [2.24, 2.45) is 0 Å². The maximum atomic E-state index is 11.2. The molecule has 0 atom stereocenters. The van der Waals surface area contributed by atoms with Crippen LogP contribution in [0.25, 0.3) is 0 Å². The average Bonchev–Trinajstić information content (AvgIpc) is 2.82. The first-order valence-corrected chi connectivity index (χ1v) is 4.16. The molecule has 2 amide bonds. The van der Waals surface area contributed by atoms with Crippen molar-refractivity contribution in [3.05, 3.63) is 18.4 Å². The molecule has 1 fully saturated rings. The molecule has 1 saturated heterocycles. The quantitative estimate of drug-likeness (QED) is 0.633. The Labute approximate surface area is 83.6 Å². The number of oxazole rings is 1. The lowest BCUT2D eigenvalue weighted by Gasteiger charge is -2.10. The molecule has 0 N–H and O–H groups in total. The average molecular weight is 210 g/mol. The molecule has 0 aliphatic carbocycles. The van der Waals surface area contributed by atoms with Crippen LogP contribution in [-0.4, -0.2) is 27.8 Å². The van der Waals surface area contributed by atoms with Crippen molar-refractivity contribution in [1.29, 1.82) is 0 Å². The Morgan fingerprint density at radius 1 is 1.40 bits per heavy atom. The van der Waals surface area contributed by atoms with Crippen LogP contribution >= 0.6 is 0 Å². The summed E-state index contributed by atoms with van der Waals surface area (Å²) in [5, 5.41) is 0.437. The van der Waals surface area contributed by atoms with Gasteiger partial charge in [-0.3, -0.25) is 9.59 Å². The van der Waals surface area contributed by atoms with Gasteiger partial charge in [0.2, 0.25) is 0 Å². The maximum Gasteiger partial charge on any atom is 0.419 e. The van der Waals surface area contributed by atoms with Crippen LogP contribution in [0.5, 0.6) is 0 Å². The first kappa shape index (κ1) is 9.38. The molecule has 0 unspecified atom stereocenters. The highest BCUT2D eigenvalue weighted by Crippen LogP contribution is 2.13. The molecule has 7 heteroatoms. The van der Waals surface area contributed by atoms with Gasteiger partial charge in [0, 0.05) is 12.8 Å². The fraction of sp³-hybridized carbons (Fsp3) is 0.250. The van der Waals surface area contributed by atoms with Gasteiger partial charge in [0.1, 0.15) is 6.26 Å². The van der Waals surface area contributed by atoms with Gasteiger partial charge in [-0.05, 0) is 0 Å². The van der Waals surface area contributed by atoms with E-state index in [0.717, 1.165) is 0 Å². The molecule has 1 aromatic heterocycles. The summed E-state index contributed by atoms with van der Waals surface area (Å²) in [4.78, 5) is 41.4. The monoisotopic (exact) mass is 210 g/mol. The van der Waals surface area contributed by atoms with E-state index in [1.807, 2.05) is 0 Å². The predicted octanol–water partition coefficient (Wildman–Crippen LogP) is -0.105. The number of amides is 2. The highest BCUT2D eigenvalue weighted by Gasteiger charge is 2.34. The molecule has 2 rings (SSSR count). The summed E-state index contributed by atoms with van der Waals surface area (Å²) in [7, 11) is 0. The zero-order chi connectivity index (χ0) is 10.8. The fourth-order valence-corrected chi connectivity index (χ4v) is 1.10. The number of carbonyl (C=O) groups is 3. The Morgan fingerprint density at radius 3 is 2.60 bits per heavy atom. The van der Waals surface area contributed by atoms with Crippen LogP contribution in [-0.2, 0) is 14.4 Å². The Kier molecular flexibility index (Phi) is 2.20. The van der Waals surface area contributed by atoms with E-state index in [0.29, 0.717) is 5.06 Å². The van der Waals surface area contributed by atoms with E-state index in [9.17, 15) is 14.4 Å². The van der Waals surface area contributed by atoms with Gasteiger partial charge in [0.25, 0.3) is 11.8 Å². The van der Waals surface area contributed by atoms with Crippen LogP contribution in [0.1, 0.15) is 23.5 Å². The number of hydroxylamine groups is 2. The minimum atomic E-state index is -0.969. The van der Waals surface area contributed by atoms with Crippen molar-refractivity contribution in [3.8, 4) is 0 Å². The third kappa shape index (κ3) is 1.71. The summed E-state index contributed by atoms with van der Waals surface area (Å²) < 4.78 is 4.64. The van der Waals surface area contributed by atoms with Crippen LogP contribution in [0.15, 0.2) is 16.9 Å². The van der Waals surface area contributed by atoms with E-state index in [-0.39, 0.29) is 18.7 Å². The number of aromatic nitrogens is 1. The Balaban J connectivity index is 2.06. The Morgan fingerprint density at radius 2 is 2.07 bits per heavy atom. The normalized spacial score (nSPS) is 15.9. The van der Waals surface area contributed by atoms with Gasteiger partial charge in [0.05, 0.1) is 6.20 Å². The van der Waals surface area contributed by atoms with Gasteiger partial charge in [-0.2, -0.15) is 0 Å². The fourth-order valence-electron chi connectivity index (χ4n) is 1.10. The van der Waals surface area contributed by atoms with Crippen LogP contribution < -0.4 is 0 Å². The van der Waals surface area contributed by atoms with Gasteiger partial charge in [0.15, 0.2) is 0 Å². The van der Waals surface area contributed by atoms with E-state index < -0.39 is 17.8 Å². The van der Waals surface area contributed by atoms with Crippen LogP contribution in [0.3, 0.4) is 0 Å². The number of nitrogens with zero attached hydrogens (tertiary/aromatic N) is 2. The lowest BCUT2D eigenvalue weighted by molar-refractivity contribution is -0.173. The predicted molar refractivity (Wildman–Crippen MR) is 43.0 cm³/mol. The van der Waals surface area contributed by atoms with Gasteiger partial charge in [-0.1, -0.05) is 0 Å². The van der Waals surface area contributed by atoms with Crippen molar-refractivity contribution in [2.45, 2.75) is 12.8 Å². The molecule has 1 aliphatic rings. The minimum absolute atomic E-state index is 0.0533. The second-order valence-corrected chi connectivity index (χ2v) is 2.80. The summed E-state index contributed by atoms with van der Waals surface area (Å²) in [6, 6.07) is 0. The van der Waals surface area contributed by atoms with E-state index in [1.165, 1.54) is 12.5 Å². The molecule has 0 radical (unpaired) electrons. The van der Waals surface area contributed by atoms with Crippen molar-refractivity contribution < 1.29 is 23.6 Å². The smallest absolute Gasteiger partial charge is 0.419 e. The SMILES string of the molecule is O=C(ON1C(=O)CCC1=O)c1ncco1. The number of hydrogen-bond acceptors (Lipinski definition) is 6. The van der Waals surface area contributed by atoms with Gasteiger partial charge in [-0.15, -0.1) is 5.06 Å². The molecule has 0 aromatic carbocycles. The lowest BCUT2D eigenvalue weighted by Crippen LogP contribution is -2.32. The summed E-state index contributed by atoms with van der Waals surface area (Å²) in [6.07, 6.45) is 2.55. The van der Waals surface area contributed by atoms with Gasteiger partial charge >= 0.3 is 11.9 Å². The van der Waals surface area contributed by atoms with E-state index >= 15 is 0 Å². The summed E-state index contributed by atoms with van der Waals surface area (Å²) >= 11 is 0. The molecule has 0 spiro atoms. The zero-order valence-corrected chi connectivity index (χ0v) is 7.50. The largest absolute Gasteiger partial charge is 0.440 e. The first-order chi connectivity index (χ1) is 7.18. The third-order valence-corrected chi connectivity index (χ3v) is 1.79. The zero-order valence-electron chi connectivity index (χ0n) is 7.50. The highest BCUT2D eigenvalue weighted by molar-refractivity contribution is 6.02. The van der Waals surface area contributed by atoms with Gasteiger partial charge < -0.3 is 9.25 Å². The Hall–Kier alpha value is -2.18. The second kappa shape index (κ2) is 3.52. The Bertz CT molecular complexity index is 395. The van der Waals surface area contributed by atoms with E-state index in [4.69, 9.17) is 0 Å². The van der Waals surface area contributed by atoms with Crippen LogP contribution in [0.2, 0.25) is 0 Å². The standard InChI is InChI=1S/C8H6N2O5/c11-5-1-2-6(12)10(5)15-8(13)7-9-3-4-14-7/h3-4H,1-2H2. The van der Waals surface area contributed by atoms with E-state index in [1.54, 1.807) is 0 Å². The minimum Gasteiger partial charge on any atom is -0.440 e. The number of carbonyl (C=O) groups excluding carboxylic acids is 3.